The second kappa shape index (κ2) is 9.73. The molecular weight excluding hydrogens is 396 g/mol. The molecule has 0 saturated heterocycles. The predicted molar refractivity (Wildman–Crippen MR) is 108 cm³/mol. The standard InChI is InChI=1S/C21H23ClN2O5/c1-27-12-9-23(10-13-28-2)19-18(15-5-7-16(22)8-6-15)20(25)24(21(19)26)14-17-4-3-11-29-17/h3-8,11H,9-10,12-14H2,1-2H3. The average molecular weight is 419 g/mol. The topological polar surface area (TPSA) is 72.2 Å². The highest BCUT2D eigenvalue weighted by atomic mass is 35.5. The van der Waals surface area contributed by atoms with E-state index < -0.39 is 0 Å². The van der Waals surface area contributed by atoms with E-state index in [4.69, 9.17) is 25.5 Å². The van der Waals surface area contributed by atoms with Crippen LogP contribution in [-0.4, -0.2) is 62.1 Å². The van der Waals surface area contributed by atoms with Gasteiger partial charge in [-0.3, -0.25) is 14.5 Å². The number of nitrogens with zero attached hydrogens (tertiary/aromatic N) is 2. The van der Waals surface area contributed by atoms with Crippen LogP contribution in [0.5, 0.6) is 0 Å². The van der Waals surface area contributed by atoms with Gasteiger partial charge in [-0.25, -0.2) is 0 Å². The first-order chi connectivity index (χ1) is 14.1. The van der Waals surface area contributed by atoms with Gasteiger partial charge in [0.25, 0.3) is 11.8 Å². The molecule has 29 heavy (non-hydrogen) atoms. The van der Waals surface area contributed by atoms with Crippen molar-refractivity contribution in [3.05, 3.63) is 64.7 Å². The lowest BCUT2D eigenvalue weighted by molar-refractivity contribution is -0.138. The minimum absolute atomic E-state index is 0.0631. The SMILES string of the molecule is COCCN(CCOC)C1=C(c2ccc(Cl)cc2)C(=O)N(Cc2ccco2)C1=O. The molecule has 0 spiro atoms. The summed E-state index contributed by atoms with van der Waals surface area (Å²) in [4.78, 5) is 29.6. The Morgan fingerprint density at radius 3 is 2.21 bits per heavy atom. The van der Waals surface area contributed by atoms with Gasteiger partial charge in [0.15, 0.2) is 0 Å². The average Bonchev–Trinajstić information content (AvgIpc) is 3.32. The Bertz CT molecular complexity index is 869. The van der Waals surface area contributed by atoms with Gasteiger partial charge in [-0.2, -0.15) is 0 Å². The number of amides is 2. The number of halogens is 1. The molecule has 1 aliphatic heterocycles. The molecule has 3 rings (SSSR count). The van der Waals surface area contributed by atoms with Crippen molar-refractivity contribution >= 4 is 29.0 Å². The Morgan fingerprint density at radius 1 is 1.00 bits per heavy atom. The van der Waals surface area contributed by atoms with Gasteiger partial charge in [0.2, 0.25) is 0 Å². The van der Waals surface area contributed by atoms with Crippen molar-refractivity contribution in [1.82, 2.24) is 9.80 Å². The third-order valence-electron chi connectivity index (χ3n) is 4.62. The van der Waals surface area contributed by atoms with E-state index >= 15 is 0 Å². The van der Waals surface area contributed by atoms with Crippen LogP contribution in [0, 0.1) is 0 Å². The number of benzene rings is 1. The van der Waals surface area contributed by atoms with E-state index in [-0.39, 0.29) is 18.4 Å². The van der Waals surface area contributed by atoms with Crippen LogP contribution in [0.3, 0.4) is 0 Å². The van der Waals surface area contributed by atoms with Crippen LogP contribution in [0.4, 0.5) is 0 Å². The summed E-state index contributed by atoms with van der Waals surface area (Å²) in [6.45, 7) is 1.76. The minimum atomic E-state index is -0.372. The van der Waals surface area contributed by atoms with E-state index in [0.717, 1.165) is 0 Å². The van der Waals surface area contributed by atoms with Crippen molar-refractivity contribution in [3.63, 3.8) is 0 Å². The quantitative estimate of drug-likeness (QED) is 0.552. The number of rotatable bonds is 10. The molecular formula is C21H23ClN2O5. The number of carbonyl (C=O) groups is 2. The maximum Gasteiger partial charge on any atom is 0.278 e. The number of furan rings is 1. The molecule has 1 aliphatic rings. The Hall–Kier alpha value is -2.61. The lowest BCUT2D eigenvalue weighted by atomic mass is 10.0. The summed E-state index contributed by atoms with van der Waals surface area (Å²) < 4.78 is 15.7. The monoisotopic (exact) mass is 418 g/mol. The number of imide groups is 1. The van der Waals surface area contributed by atoms with Gasteiger partial charge in [-0.1, -0.05) is 23.7 Å². The van der Waals surface area contributed by atoms with Gasteiger partial charge >= 0.3 is 0 Å². The molecule has 154 valence electrons. The molecule has 0 fully saturated rings. The van der Waals surface area contributed by atoms with Crippen LogP contribution in [0.1, 0.15) is 11.3 Å². The van der Waals surface area contributed by atoms with Gasteiger partial charge in [0.1, 0.15) is 11.5 Å². The Labute approximate surface area is 174 Å². The van der Waals surface area contributed by atoms with Crippen molar-refractivity contribution in [3.8, 4) is 0 Å². The number of methoxy groups -OCH3 is 2. The fourth-order valence-electron chi connectivity index (χ4n) is 3.17. The van der Waals surface area contributed by atoms with E-state index in [0.29, 0.717) is 53.9 Å². The van der Waals surface area contributed by atoms with Crippen LogP contribution in [-0.2, 0) is 25.6 Å². The van der Waals surface area contributed by atoms with E-state index in [2.05, 4.69) is 0 Å². The number of ether oxygens (including phenoxy) is 2. The highest BCUT2D eigenvalue weighted by Crippen LogP contribution is 2.33. The lowest BCUT2D eigenvalue weighted by Crippen LogP contribution is -2.37. The maximum atomic E-state index is 13.3. The maximum absolute atomic E-state index is 13.3. The van der Waals surface area contributed by atoms with Crippen LogP contribution in [0.2, 0.25) is 5.02 Å². The molecule has 0 saturated carbocycles. The van der Waals surface area contributed by atoms with E-state index in [1.54, 1.807) is 50.6 Å². The lowest BCUT2D eigenvalue weighted by Gasteiger charge is -2.25. The molecule has 2 heterocycles. The molecule has 0 unspecified atom stereocenters. The van der Waals surface area contributed by atoms with Gasteiger partial charge in [0.05, 0.1) is 31.6 Å². The fraction of sp³-hybridized carbons (Fsp3) is 0.333. The van der Waals surface area contributed by atoms with Crippen LogP contribution in [0.15, 0.2) is 52.8 Å². The molecule has 1 aromatic carbocycles. The van der Waals surface area contributed by atoms with Crippen molar-refractivity contribution in [2.45, 2.75) is 6.54 Å². The molecule has 8 heteroatoms. The van der Waals surface area contributed by atoms with E-state index in [1.807, 2.05) is 4.90 Å². The highest BCUT2D eigenvalue weighted by Gasteiger charge is 2.41. The summed E-state index contributed by atoms with van der Waals surface area (Å²) in [6.07, 6.45) is 1.51. The third kappa shape index (κ3) is 4.70. The molecule has 0 aliphatic carbocycles. The van der Waals surface area contributed by atoms with Gasteiger partial charge in [-0.05, 0) is 29.8 Å². The van der Waals surface area contributed by atoms with Gasteiger partial charge in [-0.15, -0.1) is 0 Å². The van der Waals surface area contributed by atoms with Crippen LogP contribution >= 0.6 is 11.6 Å². The predicted octanol–water partition coefficient (Wildman–Crippen LogP) is 2.81. The van der Waals surface area contributed by atoms with Gasteiger partial charge in [0, 0.05) is 32.3 Å². The molecule has 1 aromatic heterocycles. The fourth-order valence-corrected chi connectivity index (χ4v) is 3.30. The molecule has 0 bridgehead atoms. The van der Waals surface area contributed by atoms with Crippen molar-refractivity contribution in [2.75, 3.05) is 40.5 Å². The third-order valence-corrected chi connectivity index (χ3v) is 4.87. The zero-order valence-electron chi connectivity index (χ0n) is 16.4. The van der Waals surface area contributed by atoms with E-state index in [1.165, 1.54) is 11.2 Å². The normalized spacial score (nSPS) is 14.2. The molecule has 2 amide bonds. The molecule has 0 radical (unpaired) electrons. The molecule has 2 aromatic rings. The van der Waals surface area contributed by atoms with Crippen molar-refractivity contribution < 1.29 is 23.5 Å². The van der Waals surface area contributed by atoms with Gasteiger partial charge < -0.3 is 18.8 Å². The first-order valence-corrected chi connectivity index (χ1v) is 9.56. The second-order valence-corrected chi connectivity index (χ2v) is 6.92. The Balaban J connectivity index is 2.03. The molecule has 0 atom stereocenters. The highest BCUT2D eigenvalue weighted by molar-refractivity contribution is 6.35. The number of carbonyl (C=O) groups excluding carboxylic acids is 2. The molecule has 7 nitrogen and oxygen atoms in total. The largest absolute Gasteiger partial charge is 0.467 e. The Kier molecular flexibility index (Phi) is 7.09. The van der Waals surface area contributed by atoms with Crippen LogP contribution < -0.4 is 0 Å². The summed E-state index contributed by atoms with van der Waals surface area (Å²) >= 11 is 6.01. The number of hydrogen-bond acceptors (Lipinski definition) is 6. The van der Waals surface area contributed by atoms with E-state index in [9.17, 15) is 9.59 Å². The summed E-state index contributed by atoms with van der Waals surface area (Å²) in [7, 11) is 3.18. The zero-order chi connectivity index (χ0) is 20.8. The number of hydrogen-bond donors (Lipinski definition) is 0. The summed E-state index contributed by atoms with van der Waals surface area (Å²) in [5, 5.41) is 0.552. The van der Waals surface area contributed by atoms with Crippen LogP contribution in [0.25, 0.3) is 5.57 Å². The smallest absolute Gasteiger partial charge is 0.278 e. The minimum Gasteiger partial charge on any atom is -0.467 e. The zero-order valence-corrected chi connectivity index (χ0v) is 17.1. The van der Waals surface area contributed by atoms with Crippen molar-refractivity contribution in [1.29, 1.82) is 0 Å². The second-order valence-electron chi connectivity index (χ2n) is 6.48. The Morgan fingerprint density at radius 2 is 1.66 bits per heavy atom. The first-order valence-electron chi connectivity index (χ1n) is 9.18. The summed E-state index contributed by atoms with van der Waals surface area (Å²) in [5.74, 6) is -0.212. The summed E-state index contributed by atoms with van der Waals surface area (Å²) in [6, 6.07) is 10.3. The van der Waals surface area contributed by atoms with Crippen molar-refractivity contribution in [2.24, 2.45) is 0 Å². The summed E-state index contributed by atoms with van der Waals surface area (Å²) in [5.41, 5.74) is 1.30. The first kappa shape index (κ1) is 21.1. The molecule has 0 N–H and O–H groups in total.